The first-order chi connectivity index (χ1) is 5.98. The third kappa shape index (κ3) is 7.07. The highest BCUT2D eigenvalue weighted by molar-refractivity contribution is 6.57. The molecule has 0 saturated heterocycles. The van der Waals surface area contributed by atoms with Crippen molar-refractivity contribution in [3.63, 3.8) is 0 Å². The summed E-state index contributed by atoms with van der Waals surface area (Å²) in [6.45, 7) is 1.78. The summed E-state index contributed by atoms with van der Waals surface area (Å²) in [6.07, 6.45) is 0. The Morgan fingerprint density at radius 2 is 2.00 bits per heavy atom. The molecule has 0 atom stereocenters. The molecule has 0 rings (SSSR count). The van der Waals surface area contributed by atoms with E-state index >= 15 is 0 Å². The van der Waals surface area contributed by atoms with Crippen LogP contribution < -0.4 is 0 Å². The van der Waals surface area contributed by atoms with Crippen molar-refractivity contribution >= 4 is 29.2 Å². The fourth-order valence-electron chi connectivity index (χ4n) is 0.487. The van der Waals surface area contributed by atoms with Gasteiger partial charge < -0.3 is 14.6 Å². The monoisotopic (exact) mass is 230 g/mol. The van der Waals surface area contributed by atoms with E-state index in [0.29, 0.717) is 0 Å². The molecule has 0 amide bonds. The lowest BCUT2D eigenvalue weighted by Gasteiger charge is -2.12. The van der Waals surface area contributed by atoms with Crippen LogP contribution in [0.4, 0.5) is 0 Å². The van der Waals surface area contributed by atoms with E-state index in [9.17, 15) is 4.79 Å². The Labute approximate surface area is 86.7 Å². The van der Waals surface area contributed by atoms with Gasteiger partial charge in [0.25, 0.3) is 0 Å². The molecule has 78 valence electrons. The third-order valence-electron chi connectivity index (χ3n) is 1.05. The largest absolute Gasteiger partial charge is 0.461 e. The lowest BCUT2D eigenvalue weighted by Crippen LogP contribution is -2.26. The van der Waals surface area contributed by atoms with E-state index in [-0.39, 0.29) is 26.4 Å². The molecule has 0 heterocycles. The van der Waals surface area contributed by atoms with Crippen molar-refractivity contribution in [1.82, 2.24) is 0 Å². The van der Waals surface area contributed by atoms with E-state index < -0.39 is 10.3 Å². The van der Waals surface area contributed by atoms with Crippen LogP contribution in [-0.4, -0.2) is 41.8 Å². The minimum atomic E-state index is -1.52. The fraction of sp³-hybridized carbons (Fsp3) is 0.857. The van der Waals surface area contributed by atoms with Crippen LogP contribution in [0.15, 0.2) is 0 Å². The van der Waals surface area contributed by atoms with Gasteiger partial charge in [0.2, 0.25) is 4.33 Å². The molecule has 4 nitrogen and oxygen atoms in total. The Kier molecular flexibility index (Phi) is 6.41. The van der Waals surface area contributed by atoms with Gasteiger partial charge >= 0.3 is 5.97 Å². The third-order valence-corrected chi connectivity index (χ3v) is 1.36. The first kappa shape index (κ1) is 13.0. The average Bonchev–Trinajstić information content (AvgIpc) is 2.02. The van der Waals surface area contributed by atoms with Gasteiger partial charge in [-0.25, -0.2) is 4.79 Å². The minimum Gasteiger partial charge on any atom is -0.461 e. The highest BCUT2D eigenvalue weighted by Gasteiger charge is 2.28. The molecular weight excluding hydrogens is 219 g/mol. The second-order valence-electron chi connectivity index (χ2n) is 2.36. The van der Waals surface area contributed by atoms with Crippen molar-refractivity contribution in [1.29, 1.82) is 0 Å². The number of alkyl halides is 2. The Balaban J connectivity index is 3.38. The summed E-state index contributed by atoms with van der Waals surface area (Å²) >= 11 is 10.9. The number of aliphatic hydroxyl groups excluding tert-OH is 1. The van der Waals surface area contributed by atoms with Crippen LogP contribution in [0, 0.1) is 0 Å². The number of ether oxygens (including phenoxy) is 2. The van der Waals surface area contributed by atoms with Gasteiger partial charge in [-0.05, 0) is 6.92 Å². The van der Waals surface area contributed by atoms with Crippen LogP contribution in [0.3, 0.4) is 0 Å². The molecule has 0 saturated carbocycles. The zero-order valence-electron chi connectivity index (χ0n) is 7.26. The number of aliphatic hydroxyl groups is 1. The van der Waals surface area contributed by atoms with Crippen molar-refractivity contribution in [2.24, 2.45) is 0 Å². The van der Waals surface area contributed by atoms with Gasteiger partial charge in [0.05, 0.1) is 19.8 Å². The zero-order chi connectivity index (χ0) is 10.3. The Bertz CT molecular complexity index is 155. The molecule has 0 fully saturated rings. The van der Waals surface area contributed by atoms with E-state index in [1.807, 2.05) is 0 Å². The van der Waals surface area contributed by atoms with Gasteiger partial charge in [0, 0.05) is 0 Å². The number of rotatable bonds is 6. The first-order valence-corrected chi connectivity index (χ1v) is 4.47. The van der Waals surface area contributed by atoms with Crippen LogP contribution in [-0.2, 0) is 14.3 Å². The number of halogens is 2. The maximum absolute atomic E-state index is 10.9. The summed E-state index contributed by atoms with van der Waals surface area (Å²) in [5, 5.41) is 8.33. The van der Waals surface area contributed by atoms with Crippen molar-refractivity contribution in [3.05, 3.63) is 0 Å². The number of esters is 1. The lowest BCUT2D eigenvalue weighted by molar-refractivity contribution is -0.145. The molecule has 0 aliphatic rings. The molecule has 13 heavy (non-hydrogen) atoms. The van der Waals surface area contributed by atoms with E-state index in [2.05, 4.69) is 4.74 Å². The Hall–Kier alpha value is -0.0300. The molecule has 0 bridgehead atoms. The number of carbonyl (C=O) groups is 1. The highest BCUT2D eigenvalue weighted by Crippen LogP contribution is 2.20. The van der Waals surface area contributed by atoms with E-state index in [1.165, 1.54) is 6.92 Å². The summed E-state index contributed by atoms with van der Waals surface area (Å²) in [4.78, 5) is 10.9. The van der Waals surface area contributed by atoms with Crippen LogP contribution >= 0.6 is 23.2 Å². The van der Waals surface area contributed by atoms with Crippen LogP contribution in [0.1, 0.15) is 6.92 Å². The van der Waals surface area contributed by atoms with Crippen molar-refractivity contribution in [2.45, 2.75) is 11.3 Å². The second kappa shape index (κ2) is 6.43. The topological polar surface area (TPSA) is 55.8 Å². The number of hydrogen-bond donors (Lipinski definition) is 1. The van der Waals surface area contributed by atoms with Gasteiger partial charge in [-0.2, -0.15) is 0 Å². The molecule has 6 heteroatoms. The van der Waals surface area contributed by atoms with Crippen molar-refractivity contribution in [2.75, 3.05) is 26.4 Å². The predicted octanol–water partition coefficient (Wildman–Crippen LogP) is 0.732. The number of hydrogen-bond acceptors (Lipinski definition) is 4. The molecule has 0 aromatic heterocycles. The Morgan fingerprint density at radius 3 is 2.46 bits per heavy atom. The van der Waals surface area contributed by atoms with E-state index in [4.69, 9.17) is 33.0 Å². The summed E-state index contributed by atoms with van der Waals surface area (Å²) in [7, 11) is 0. The molecule has 0 aromatic rings. The van der Waals surface area contributed by atoms with Gasteiger partial charge in [0.15, 0.2) is 0 Å². The van der Waals surface area contributed by atoms with Gasteiger partial charge in [-0.15, -0.1) is 0 Å². The molecule has 0 aliphatic heterocycles. The summed E-state index contributed by atoms with van der Waals surface area (Å²) in [5.41, 5.74) is 0. The van der Waals surface area contributed by atoms with Crippen LogP contribution in [0.25, 0.3) is 0 Å². The molecule has 0 radical (unpaired) electrons. The fourth-order valence-corrected chi connectivity index (χ4v) is 0.596. The lowest BCUT2D eigenvalue weighted by atomic mass is 10.5. The Morgan fingerprint density at radius 1 is 1.38 bits per heavy atom. The van der Waals surface area contributed by atoms with Gasteiger partial charge in [0.1, 0.15) is 6.61 Å². The second-order valence-corrected chi connectivity index (χ2v) is 4.07. The first-order valence-electron chi connectivity index (χ1n) is 3.72. The maximum atomic E-state index is 10.9. The summed E-state index contributed by atoms with van der Waals surface area (Å²) in [5.74, 6) is -0.705. The SMILES string of the molecule is CC(Cl)(Cl)C(=O)OCCOCCO. The quantitative estimate of drug-likeness (QED) is 0.416. The average molecular weight is 231 g/mol. The maximum Gasteiger partial charge on any atom is 0.342 e. The van der Waals surface area contributed by atoms with Crippen LogP contribution in [0.5, 0.6) is 0 Å². The molecule has 0 aromatic carbocycles. The smallest absolute Gasteiger partial charge is 0.342 e. The number of carbonyl (C=O) groups excluding carboxylic acids is 1. The van der Waals surface area contributed by atoms with E-state index in [1.54, 1.807) is 0 Å². The van der Waals surface area contributed by atoms with Gasteiger partial charge in [-0.3, -0.25) is 0 Å². The summed E-state index contributed by atoms with van der Waals surface area (Å²) in [6, 6.07) is 0. The van der Waals surface area contributed by atoms with E-state index in [0.717, 1.165) is 0 Å². The van der Waals surface area contributed by atoms with Crippen molar-refractivity contribution in [3.8, 4) is 0 Å². The van der Waals surface area contributed by atoms with Crippen LogP contribution in [0.2, 0.25) is 0 Å². The molecule has 1 N–H and O–H groups in total. The summed E-state index contributed by atoms with van der Waals surface area (Å²) < 4.78 is 7.96. The molecular formula is C7H12Cl2O4. The predicted molar refractivity (Wildman–Crippen MR) is 49.0 cm³/mol. The molecule has 0 aliphatic carbocycles. The zero-order valence-corrected chi connectivity index (χ0v) is 8.77. The highest BCUT2D eigenvalue weighted by atomic mass is 35.5. The van der Waals surface area contributed by atoms with Crippen molar-refractivity contribution < 1.29 is 19.4 Å². The molecule has 0 spiro atoms. The van der Waals surface area contributed by atoms with Gasteiger partial charge in [-0.1, -0.05) is 23.2 Å². The standard InChI is InChI=1S/C7H12Cl2O4/c1-7(8,9)6(11)13-5-4-12-3-2-10/h10H,2-5H2,1H3. The minimum absolute atomic E-state index is 0.0589. The normalized spacial score (nSPS) is 11.4. The molecule has 0 unspecified atom stereocenters.